The molecule has 3 amide bonds. The summed E-state index contributed by atoms with van der Waals surface area (Å²) in [7, 11) is 0. The molecule has 0 aromatic heterocycles. The van der Waals surface area contributed by atoms with E-state index in [1.165, 1.54) is 10.5 Å². The highest BCUT2D eigenvalue weighted by molar-refractivity contribution is 6.07. The van der Waals surface area contributed by atoms with Gasteiger partial charge >= 0.3 is 6.03 Å². The van der Waals surface area contributed by atoms with Crippen LogP contribution in [0.1, 0.15) is 38.2 Å². The number of carbonyl (C=O) groups is 2. The van der Waals surface area contributed by atoms with Crippen LogP contribution < -0.4 is 10.1 Å². The number of rotatable bonds is 4. The molecule has 1 aliphatic carbocycles. The van der Waals surface area contributed by atoms with Gasteiger partial charge in [0.1, 0.15) is 17.9 Å². The number of nitrogens with one attached hydrogen (secondary N) is 1. The maximum absolute atomic E-state index is 12.8. The average molecular weight is 316 g/mol. The minimum absolute atomic E-state index is 0.0813. The number of hydrogen-bond donors (Lipinski definition) is 1. The smallest absolute Gasteiger partial charge is 0.325 e. The maximum Gasteiger partial charge on any atom is 0.325 e. The lowest BCUT2D eigenvalue weighted by Crippen LogP contribution is -2.54. The second kappa shape index (κ2) is 6.22. The minimum atomic E-state index is -0.681. The third kappa shape index (κ3) is 2.92. The van der Waals surface area contributed by atoms with Gasteiger partial charge in [0.05, 0.1) is 6.54 Å². The standard InChI is InChI=1S/C18H24N2O3/c1-13-6-8-15(9-7-13)23-12-11-20-16(21)18(19-17(20)22)10-4-3-5-14(18)2/h6-9,14H,3-5,10-12H2,1-2H3,(H,19,22)/t14-,18+/m1/s1. The van der Waals surface area contributed by atoms with E-state index >= 15 is 0 Å². The number of amides is 3. The molecule has 3 rings (SSSR count). The number of urea groups is 1. The zero-order chi connectivity index (χ0) is 16.4. The van der Waals surface area contributed by atoms with Gasteiger partial charge in [-0.15, -0.1) is 0 Å². The fourth-order valence-corrected chi connectivity index (χ4v) is 3.59. The molecule has 1 heterocycles. The molecule has 0 unspecified atom stereocenters. The van der Waals surface area contributed by atoms with Crippen molar-refractivity contribution >= 4 is 11.9 Å². The Bertz CT molecular complexity index is 599. The third-order valence-electron chi connectivity index (χ3n) is 5.11. The molecule has 0 bridgehead atoms. The maximum atomic E-state index is 12.8. The highest BCUT2D eigenvalue weighted by Crippen LogP contribution is 2.38. The predicted octanol–water partition coefficient (Wildman–Crippen LogP) is 2.87. The number of ether oxygens (including phenoxy) is 1. The van der Waals surface area contributed by atoms with Crippen molar-refractivity contribution in [3.05, 3.63) is 29.8 Å². The van der Waals surface area contributed by atoms with Crippen molar-refractivity contribution in [2.24, 2.45) is 5.92 Å². The Balaban J connectivity index is 1.61. The van der Waals surface area contributed by atoms with Gasteiger partial charge in [-0.1, -0.05) is 37.5 Å². The van der Waals surface area contributed by atoms with Crippen molar-refractivity contribution in [1.82, 2.24) is 10.2 Å². The number of carbonyl (C=O) groups excluding carboxylic acids is 2. The molecule has 1 aromatic carbocycles. The molecule has 5 nitrogen and oxygen atoms in total. The van der Waals surface area contributed by atoms with Crippen LogP contribution in [0.15, 0.2) is 24.3 Å². The van der Waals surface area contributed by atoms with Crippen molar-refractivity contribution < 1.29 is 14.3 Å². The Labute approximate surface area is 137 Å². The van der Waals surface area contributed by atoms with Gasteiger partial charge in [-0.2, -0.15) is 0 Å². The Kier molecular flexibility index (Phi) is 4.28. The van der Waals surface area contributed by atoms with E-state index in [1.54, 1.807) is 0 Å². The van der Waals surface area contributed by atoms with E-state index in [9.17, 15) is 9.59 Å². The number of imide groups is 1. The van der Waals surface area contributed by atoms with Gasteiger partial charge in [0.15, 0.2) is 0 Å². The molecule has 1 aliphatic heterocycles. The summed E-state index contributed by atoms with van der Waals surface area (Å²) in [5, 5.41) is 2.96. The molecule has 2 aliphatic rings. The van der Waals surface area contributed by atoms with E-state index in [-0.39, 0.29) is 24.4 Å². The first-order valence-corrected chi connectivity index (χ1v) is 8.36. The summed E-state index contributed by atoms with van der Waals surface area (Å²) >= 11 is 0. The van der Waals surface area contributed by atoms with Crippen LogP contribution >= 0.6 is 0 Å². The number of benzene rings is 1. The first-order chi connectivity index (χ1) is 11.0. The molecular formula is C18H24N2O3. The molecule has 0 radical (unpaired) electrons. The summed E-state index contributed by atoms with van der Waals surface area (Å²) < 4.78 is 5.65. The van der Waals surface area contributed by atoms with Crippen LogP contribution in [0.3, 0.4) is 0 Å². The summed E-state index contributed by atoms with van der Waals surface area (Å²) in [6.07, 6.45) is 3.85. The summed E-state index contributed by atoms with van der Waals surface area (Å²) in [6, 6.07) is 7.46. The normalized spacial score (nSPS) is 27.4. The topological polar surface area (TPSA) is 58.6 Å². The van der Waals surface area contributed by atoms with Crippen molar-refractivity contribution in [3.8, 4) is 5.75 Å². The first-order valence-electron chi connectivity index (χ1n) is 8.36. The Morgan fingerprint density at radius 3 is 2.70 bits per heavy atom. The highest BCUT2D eigenvalue weighted by Gasteiger charge is 2.54. The second-order valence-electron chi connectivity index (χ2n) is 6.67. The molecule has 2 fully saturated rings. The van der Waals surface area contributed by atoms with E-state index in [0.717, 1.165) is 31.4 Å². The van der Waals surface area contributed by atoms with E-state index in [1.807, 2.05) is 31.2 Å². The largest absolute Gasteiger partial charge is 0.492 e. The first kappa shape index (κ1) is 15.8. The van der Waals surface area contributed by atoms with Gasteiger partial charge in [0.2, 0.25) is 0 Å². The van der Waals surface area contributed by atoms with Gasteiger partial charge in [-0.25, -0.2) is 4.79 Å². The number of nitrogens with zero attached hydrogens (tertiary/aromatic N) is 1. The fraction of sp³-hybridized carbons (Fsp3) is 0.556. The van der Waals surface area contributed by atoms with E-state index in [2.05, 4.69) is 12.2 Å². The van der Waals surface area contributed by atoms with Crippen LogP contribution in [-0.2, 0) is 4.79 Å². The molecule has 2 atom stereocenters. The lowest BCUT2D eigenvalue weighted by Gasteiger charge is -2.36. The van der Waals surface area contributed by atoms with Crippen LogP contribution in [0.25, 0.3) is 0 Å². The van der Waals surface area contributed by atoms with Gasteiger partial charge in [0, 0.05) is 0 Å². The fourth-order valence-electron chi connectivity index (χ4n) is 3.59. The second-order valence-corrected chi connectivity index (χ2v) is 6.67. The van der Waals surface area contributed by atoms with E-state index < -0.39 is 5.54 Å². The number of aryl methyl sites for hydroxylation is 1. The molecule has 1 N–H and O–H groups in total. The quantitative estimate of drug-likeness (QED) is 0.869. The molecule has 5 heteroatoms. The Hall–Kier alpha value is -2.04. The van der Waals surface area contributed by atoms with Gasteiger partial charge < -0.3 is 10.1 Å². The molecule has 1 saturated carbocycles. The molecule has 1 saturated heterocycles. The highest BCUT2D eigenvalue weighted by atomic mass is 16.5. The van der Waals surface area contributed by atoms with Crippen molar-refractivity contribution in [2.75, 3.05) is 13.2 Å². The predicted molar refractivity (Wildman–Crippen MR) is 87.3 cm³/mol. The molecule has 1 spiro atoms. The zero-order valence-corrected chi connectivity index (χ0v) is 13.8. The zero-order valence-electron chi connectivity index (χ0n) is 13.8. The lowest BCUT2D eigenvalue weighted by atomic mass is 9.73. The summed E-state index contributed by atoms with van der Waals surface area (Å²) in [5.41, 5.74) is 0.485. The van der Waals surface area contributed by atoms with Crippen molar-refractivity contribution in [3.63, 3.8) is 0 Å². The summed E-state index contributed by atoms with van der Waals surface area (Å²) in [4.78, 5) is 26.3. The molecule has 124 valence electrons. The third-order valence-corrected chi connectivity index (χ3v) is 5.11. The molecule has 23 heavy (non-hydrogen) atoms. The summed E-state index contributed by atoms with van der Waals surface area (Å²) in [6.45, 7) is 4.67. The van der Waals surface area contributed by atoms with E-state index in [0.29, 0.717) is 6.61 Å². The summed E-state index contributed by atoms with van der Waals surface area (Å²) in [5.74, 6) is 0.862. The molecular weight excluding hydrogens is 292 g/mol. The van der Waals surface area contributed by atoms with Crippen LogP contribution in [-0.4, -0.2) is 35.5 Å². The van der Waals surface area contributed by atoms with Crippen molar-refractivity contribution in [2.45, 2.75) is 45.1 Å². The van der Waals surface area contributed by atoms with Crippen LogP contribution in [0, 0.1) is 12.8 Å². The Morgan fingerprint density at radius 2 is 2.00 bits per heavy atom. The molecule has 1 aromatic rings. The minimum Gasteiger partial charge on any atom is -0.492 e. The lowest BCUT2D eigenvalue weighted by molar-refractivity contribution is -0.134. The van der Waals surface area contributed by atoms with Gasteiger partial charge in [-0.05, 0) is 37.8 Å². The van der Waals surface area contributed by atoms with Crippen LogP contribution in [0.5, 0.6) is 5.75 Å². The van der Waals surface area contributed by atoms with Crippen LogP contribution in [0.4, 0.5) is 4.79 Å². The SMILES string of the molecule is Cc1ccc(OCCN2C(=O)N[C@]3(CCCC[C@H]3C)C2=O)cc1. The van der Waals surface area contributed by atoms with Crippen LogP contribution in [0.2, 0.25) is 0 Å². The van der Waals surface area contributed by atoms with Gasteiger partial charge in [0.25, 0.3) is 5.91 Å². The van der Waals surface area contributed by atoms with Crippen molar-refractivity contribution in [1.29, 1.82) is 0 Å². The number of hydrogen-bond acceptors (Lipinski definition) is 3. The Morgan fingerprint density at radius 1 is 1.26 bits per heavy atom. The van der Waals surface area contributed by atoms with E-state index in [4.69, 9.17) is 4.74 Å². The average Bonchev–Trinajstić information content (AvgIpc) is 2.77. The monoisotopic (exact) mass is 316 g/mol. The van der Waals surface area contributed by atoms with Gasteiger partial charge in [-0.3, -0.25) is 9.69 Å².